The Balaban J connectivity index is 1.83. The van der Waals surface area contributed by atoms with Crippen LogP contribution in [-0.4, -0.2) is 51.4 Å². The summed E-state index contributed by atoms with van der Waals surface area (Å²) in [6.07, 6.45) is 38.9. The lowest BCUT2D eigenvalue weighted by molar-refractivity contribution is 0.160. The Morgan fingerprint density at radius 3 is 0.491 bits per heavy atom. The summed E-state index contributed by atoms with van der Waals surface area (Å²) in [6.45, 7) is 14.0. The quantitative estimate of drug-likeness (QED) is 0.0461. The molecule has 5 rings (SSSR count). The first-order valence-corrected chi connectivity index (χ1v) is 39.3. The summed E-state index contributed by atoms with van der Waals surface area (Å²) >= 11 is 0. The summed E-state index contributed by atoms with van der Waals surface area (Å²) in [4.78, 5) is 0. The van der Waals surface area contributed by atoms with Gasteiger partial charge in [-0.1, -0.05) is 234 Å². The van der Waals surface area contributed by atoms with E-state index in [1.807, 2.05) is 0 Å². The van der Waals surface area contributed by atoms with Crippen LogP contribution in [0.4, 0.5) is 0 Å². The molecule has 0 aliphatic carbocycles. The highest BCUT2D eigenvalue weighted by Gasteiger charge is 2.77. The van der Waals surface area contributed by atoms with Gasteiger partial charge in [-0.3, -0.25) is 0 Å². The highest BCUT2D eigenvalue weighted by Crippen LogP contribution is 2.58. The van der Waals surface area contributed by atoms with Crippen molar-refractivity contribution in [2.45, 2.75) is 287 Å². The second-order valence-electron chi connectivity index (χ2n) is 19.6. The number of unbranched alkanes of at least 4 members (excludes halogenated alkanes) is 24. The molecule has 0 unspecified atom stereocenters. The molecule has 0 aromatic rings. The predicted octanol–water partition coefficient (Wildman–Crippen LogP) is 16.2. The molecule has 57 heavy (non-hydrogen) atoms. The molecular formula is C45H96O6Si6. The SMILES string of the molecule is CCCCCCC[Si]12C[Si]3(CCCCCCC)O[Si@]4(CCCCCCC)C[Si@](CCCCCCC)(O3)O[Si@@](CCCCCCC)(C[Si@](CCCCCCC)(O1)O4)O2. The van der Waals surface area contributed by atoms with E-state index >= 15 is 0 Å². The minimum Gasteiger partial charge on any atom is -0.415 e. The fourth-order valence-corrected chi connectivity index (χ4v) is 65.5. The van der Waals surface area contributed by atoms with Gasteiger partial charge in [-0.05, 0) is 36.3 Å². The number of rotatable bonds is 36. The van der Waals surface area contributed by atoms with Gasteiger partial charge in [0.05, 0.1) is 0 Å². The average Bonchev–Trinajstić information content (AvgIpc) is 3.16. The molecule has 0 radical (unpaired) electrons. The highest BCUT2D eigenvalue weighted by molar-refractivity contribution is 7.12. The molecule has 0 spiro atoms. The maximum Gasteiger partial charge on any atom is 0.322 e. The van der Waals surface area contributed by atoms with Crippen molar-refractivity contribution in [1.82, 2.24) is 0 Å². The van der Waals surface area contributed by atoms with Gasteiger partial charge in [0.1, 0.15) is 0 Å². The first kappa shape index (κ1) is 50.7. The summed E-state index contributed by atoms with van der Waals surface area (Å²) in [7, 11) is -16.3. The molecule has 5 aliphatic rings. The van der Waals surface area contributed by atoms with Crippen LogP contribution < -0.4 is 0 Å². The van der Waals surface area contributed by atoms with Gasteiger partial charge in [0.2, 0.25) is 0 Å². The Labute approximate surface area is 361 Å². The van der Waals surface area contributed by atoms with E-state index < -0.39 is 51.4 Å². The summed E-state index contributed by atoms with van der Waals surface area (Å²) in [5.41, 5.74) is 3.03. The summed E-state index contributed by atoms with van der Waals surface area (Å²) < 4.78 is 49.2. The lowest BCUT2D eigenvalue weighted by Gasteiger charge is -2.66. The molecule has 0 aromatic carbocycles. The van der Waals surface area contributed by atoms with Crippen LogP contribution in [0.25, 0.3) is 0 Å². The maximum absolute atomic E-state index is 8.33. The van der Waals surface area contributed by atoms with Gasteiger partial charge in [0, 0.05) is 17.0 Å². The lowest BCUT2D eigenvalue weighted by atomic mass is 10.2. The summed E-state index contributed by atoms with van der Waals surface area (Å²) in [6, 6.07) is 6.78. The van der Waals surface area contributed by atoms with E-state index in [1.165, 1.54) is 193 Å². The third kappa shape index (κ3) is 16.3. The second kappa shape index (κ2) is 26.6. The van der Waals surface area contributed by atoms with Crippen molar-refractivity contribution in [3.8, 4) is 0 Å². The van der Waals surface area contributed by atoms with E-state index in [1.54, 1.807) is 0 Å². The van der Waals surface area contributed by atoms with E-state index in [-0.39, 0.29) is 0 Å². The van der Waals surface area contributed by atoms with Crippen LogP contribution in [0, 0.1) is 0 Å². The zero-order chi connectivity index (χ0) is 40.8. The standard InChI is InChI=1S/C45H96O6Si6/c1-7-13-19-25-31-37-52-43-53(38-32-26-20-14-8-2)47-56(46-52,41-35-29-23-17-11-5)45-57(42-36-30-24-18-12-6)48-54(50-52,39-33-27-21-15-9-3)44-55(49-57,51-53)40-34-28-22-16-10-4/h7-45H2,1-6H3/t52-,53+,54+,55-,56?,57?. The molecule has 0 saturated carbocycles. The van der Waals surface area contributed by atoms with Crippen LogP contribution in [0.3, 0.4) is 0 Å². The van der Waals surface area contributed by atoms with Gasteiger partial charge in [-0.15, -0.1) is 0 Å². The molecule has 0 aromatic heterocycles. The maximum atomic E-state index is 8.33. The molecule has 0 N–H and O–H groups in total. The molecule has 6 nitrogen and oxygen atoms in total. The van der Waals surface area contributed by atoms with Gasteiger partial charge in [0.15, 0.2) is 0 Å². The third-order valence-corrected chi connectivity index (χ3v) is 51.3. The molecule has 0 amide bonds. The van der Waals surface area contributed by atoms with E-state index in [9.17, 15) is 0 Å². The third-order valence-electron chi connectivity index (χ3n) is 13.8. The normalized spacial score (nSPS) is 31.9. The van der Waals surface area contributed by atoms with Crippen molar-refractivity contribution in [3.63, 3.8) is 0 Å². The van der Waals surface area contributed by atoms with Crippen molar-refractivity contribution in [3.05, 3.63) is 0 Å². The van der Waals surface area contributed by atoms with E-state index in [0.717, 1.165) is 53.3 Å². The molecule has 0 atom stereocenters. The number of hydrogen-bond donors (Lipinski definition) is 0. The predicted molar refractivity (Wildman–Crippen MR) is 257 cm³/mol. The van der Waals surface area contributed by atoms with Crippen molar-refractivity contribution >= 4 is 51.4 Å². The first-order chi connectivity index (χ1) is 27.7. The smallest absolute Gasteiger partial charge is 0.322 e. The zero-order valence-electron chi connectivity index (χ0n) is 39.0. The van der Waals surface area contributed by atoms with Crippen LogP contribution in [0.1, 0.15) is 234 Å². The Kier molecular flexibility index (Phi) is 23.7. The van der Waals surface area contributed by atoms with E-state index in [0.29, 0.717) is 0 Å². The van der Waals surface area contributed by atoms with Crippen LogP contribution in [0.5, 0.6) is 0 Å². The van der Waals surface area contributed by atoms with Gasteiger partial charge < -0.3 is 24.7 Å². The molecule has 5 heterocycles. The first-order valence-electron chi connectivity index (χ1n) is 25.9. The summed E-state index contributed by atoms with van der Waals surface area (Å²) in [5.74, 6) is 0. The van der Waals surface area contributed by atoms with Gasteiger partial charge in [0.25, 0.3) is 0 Å². The summed E-state index contributed by atoms with van der Waals surface area (Å²) in [5, 5.41) is 0. The molecule has 6 bridgehead atoms. The minimum absolute atomic E-state index is 1.000. The van der Waals surface area contributed by atoms with Crippen molar-refractivity contribution < 1.29 is 24.7 Å². The van der Waals surface area contributed by atoms with Crippen LogP contribution in [-0.2, 0) is 24.7 Å². The topological polar surface area (TPSA) is 55.4 Å². The van der Waals surface area contributed by atoms with Gasteiger partial charge >= 0.3 is 51.4 Å². The molecule has 12 heteroatoms. The largest absolute Gasteiger partial charge is 0.415 e. The molecule has 5 aliphatic heterocycles. The minimum atomic E-state index is -2.76. The van der Waals surface area contributed by atoms with Gasteiger partial charge in [-0.25, -0.2) is 0 Å². The van der Waals surface area contributed by atoms with E-state index in [2.05, 4.69) is 41.5 Å². The molecule has 5 saturated heterocycles. The van der Waals surface area contributed by atoms with Crippen LogP contribution in [0.15, 0.2) is 0 Å². The number of hydrogen-bond acceptors (Lipinski definition) is 6. The van der Waals surface area contributed by atoms with Crippen molar-refractivity contribution in [1.29, 1.82) is 0 Å². The fourth-order valence-electron chi connectivity index (χ4n) is 11.0. The molecule has 336 valence electrons. The monoisotopic (exact) mass is 901 g/mol. The van der Waals surface area contributed by atoms with Crippen LogP contribution in [0.2, 0.25) is 53.3 Å². The molecule has 5 fully saturated rings. The van der Waals surface area contributed by atoms with Crippen LogP contribution >= 0.6 is 0 Å². The lowest BCUT2D eigenvalue weighted by Crippen LogP contribution is -2.84. The Hall–Kier alpha value is 1.06. The fraction of sp³-hybridized carbons (Fsp3) is 1.00. The van der Waals surface area contributed by atoms with Crippen molar-refractivity contribution in [2.24, 2.45) is 0 Å². The Bertz CT molecular complexity index is 851. The van der Waals surface area contributed by atoms with Gasteiger partial charge in [-0.2, -0.15) is 0 Å². The van der Waals surface area contributed by atoms with Crippen molar-refractivity contribution in [2.75, 3.05) is 0 Å². The Morgan fingerprint density at radius 1 is 0.211 bits per heavy atom. The second-order valence-corrected chi connectivity index (χ2v) is 42.7. The van der Waals surface area contributed by atoms with E-state index in [4.69, 9.17) is 24.7 Å². The highest BCUT2D eigenvalue weighted by atomic mass is 28.6. The average molecular weight is 902 g/mol. The molecular weight excluding hydrogens is 805 g/mol. The Morgan fingerprint density at radius 2 is 0.351 bits per heavy atom. The zero-order valence-corrected chi connectivity index (χ0v) is 45.0.